The summed E-state index contributed by atoms with van der Waals surface area (Å²) >= 11 is 0. The number of aryl methyl sites for hydroxylation is 2. The zero-order valence-corrected chi connectivity index (χ0v) is 15.5. The lowest BCUT2D eigenvalue weighted by Gasteiger charge is -2.37. The lowest BCUT2D eigenvalue weighted by Crippen LogP contribution is -2.50. The summed E-state index contributed by atoms with van der Waals surface area (Å²) < 4.78 is 28.8. The summed E-state index contributed by atoms with van der Waals surface area (Å²) in [5, 5.41) is 8.38. The molecule has 0 saturated carbocycles. The lowest BCUT2D eigenvalue weighted by atomic mass is 10.1. The molecule has 0 aliphatic carbocycles. The molecular formula is C19H20N4O2S. The SMILES string of the molecule is Cc1ccc(S(=O)(=O)N2CC(n3cc(-c4ccccc4)nn3)C2)cc1C. The van der Waals surface area contributed by atoms with Crippen molar-refractivity contribution < 1.29 is 8.42 Å². The van der Waals surface area contributed by atoms with Crippen molar-refractivity contribution in [3.8, 4) is 11.3 Å². The van der Waals surface area contributed by atoms with E-state index in [0.717, 1.165) is 22.4 Å². The molecule has 0 unspecified atom stereocenters. The van der Waals surface area contributed by atoms with Gasteiger partial charge in [0.25, 0.3) is 0 Å². The van der Waals surface area contributed by atoms with Crippen LogP contribution in [-0.4, -0.2) is 40.8 Å². The summed E-state index contributed by atoms with van der Waals surface area (Å²) in [7, 11) is -3.46. The molecule has 134 valence electrons. The first-order valence-corrected chi connectivity index (χ1v) is 9.94. The summed E-state index contributed by atoms with van der Waals surface area (Å²) in [5.41, 5.74) is 3.85. The smallest absolute Gasteiger partial charge is 0.243 e. The highest BCUT2D eigenvalue weighted by Crippen LogP contribution is 2.29. The van der Waals surface area contributed by atoms with Crippen molar-refractivity contribution in [3.05, 3.63) is 65.9 Å². The Morgan fingerprint density at radius 3 is 2.42 bits per heavy atom. The van der Waals surface area contributed by atoms with Crippen LogP contribution in [0.5, 0.6) is 0 Å². The second-order valence-electron chi connectivity index (χ2n) is 6.67. The molecule has 1 aliphatic rings. The Labute approximate surface area is 153 Å². The van der Waals surface area contributed by atoms with Crippen LogP contribution >= 0.6 is 0 Å². The van der Waals surface area contributed by atoms with Gasteiger partial charge >= 0.3 is 0 Å². The third kappa shape index (κ3) is 2.93. The van der Waals surface area contributed by atoms with Crippen LogP contribution in [0.2, 0.25) is 0 Å². The van der Waals surface area contributed by atoms with E-state index in [1.54, 1.807) is 16.8 Å². The fraction of sp³-hybridized carbons (Fsp3) is 0.263. The first-order valence-electron chi connectivity index (χ1n) is 8.50. The van der Waals surface area contributed by atoms with E-state index in [1.165, 1.54) is 4.31 Å². The Morgan fingerprint density at radius 1 is 1.00 bits per heavy atom. The van der Waals surface area contributed by atoms with Crippen molar-refractivity contribution in [2.75, 3.05) is 13.1 Å². The van der Waals surface area contributed by atoms with Gasteiger partial charge in [-0.25, -0.2) is 13.1 Å². The molecule has 0 N–H and O–H groups in total. The molecule has 0 amide bonds. The molecule has 26 heavy (non-hydrogen) atoms. The molecule has 7 heteroatoms. The maximum atomic E-state index is 12.8. The first-order chi connectivity index (χ1) is 12.4. The van der Waals surface area contributed by atoms with Crippen LogP contribution in [0.1, 0.15) is 17.2 Å². The monoisotopic (exact) mass is 368 g/mol. The predicted octanol–water partition coefficient (Wildman–Crippen LogP) is 2.81. The van der Waals surface area contributed by atoms with Crippen molar-refractivity contribution in [2.24, 2.45) is 0 Å². The highest BCUT2D eigenvalue weighted by Gasteiger charge is 2.38. The molecule has 1 aromatic heterocycles. The third-order valence-corrected chi connectivity index (χ3v) is 6.73. The van der Waals surface area contributed by atoms with E-state index < -0.39 is 10.0 Å². The molecule has 2 aromatic carbocycles. The standard InChI is InChI=1S/C19H20N4O2S/c1-14-8-9-18(10-15(14)2)26(24,25)22-11-17(12-22)23-13-19(20-21-23)16-6-4-3-5-7-16/h3-10,13,17H,11-12H2,1-2H3. The minimum absolute atomic E-state index is 0.0151. The predicted molar refractivity (Wildman–Crippen MR) is 99.2 cm³/mol. The summed E-state index contributed by atoms with van der Waals surface area (Å²) in [6, 6.07) is 15.1. The van der Waals surface area contributed by atoms with Crippen LogP contribution < -0.4 is 0 Å². The van der Waals surface area contributed by atoms with E-state index in [-0.39, 0.29) is 6.04 Å². The minimum Gasteiger partial charge on any atom is -0.246 e. The second-order valence-corrected chi connectivity index (χ2v) is 8.61. The molecule has 2 heterocycles. The molecule has 0 spiro atoms. The van der Waals surface area contributed by atoms with Gasteiger partial charge in [0.1, 0.15) is 5.69 Å². The molecule has 1 fully saturated rings. The van der Waals surface area contributed by atoms with Gasteiger partial charge in [0.2, 0.25) is 10.0 Å². The Balaban J connectivity index is 1.48. The number of nitrogens with zero attached hydrogens (tertiary/aromatic N) is 4. The average Bonchev–Trinajstić information content (AvgIpc) is 3.06. The average molecular weight is 368 g/mol. The van der Waals surface area contributed by atoms with Crippen molar-refractivity contribution in [2.45, 2.75) is 24.8 Å². The number of hydrogen-bond acceptors (Lipinski definition) is 4. The molecule has 4 rings (SSSR count). The zero-order valence-electron chi connectivity index (χ0n) is 14.7. The van der Waals surface area contributed by atoms with Gasteiger partial charge in [-0.1, -0.05) is 41.6 Å². The number of rotatable bonds is 4. The van der Waals surface area contributed by atoms with Crippen LogP contribution in [0.4, 0.5) is 0 Å². The van der Waals surface area contributed by atoms with E-state index in [1.807, 2.05) is 56.4 Å². The van der Waals surface area contributed by atoms with Crippen LogP contribution in [0.15, 0.2) is 59.6 Å². The number of hydrogen-bond donors (Lipinski definition) is 0. The van der Waals surface area contributed by atoms with Crippen LogP contribution in [0, 0.1) is 13.8 Å². The van der Waals surface area contributed by atoms with Crippen LogP contribution in [0.25, 0.3) is 11.3 Å². The summed E-state index contributed by atoms with van der Waals surface area (Å²) in [6.07, 6.45) is 1.87. The van der Waals surface area contributed by atoms with Gasteiger partial charge in [-0.3, -0.25) is 0 Å². The molecule has 0 bridgehead atoms. The fourth-order valence-corrected chi connectivity index (χ4v) is 4.60. The molecule has 6 nitrogen and oxygen atoms in total. The van der Waals surface area contributed by atoms with E-state index in [0.29, 0.717) is 18.0 Å². The molecule has 1 saturated heterocycles. The van der Waals surface area contributed by atoms with Gasteiger partial charge < -0.3 is 0 Å². The highest BCUT2D eigenvalue weighted by molar-refractivity contribution is 7.89. The number of aromatic nitrogens is 3. The van der Waals surface area contributed by atoms with E-state index in [4.69, 9.17) is 0 Å². The summed E-state index contributed by atoms with van der Waals surface area (Å²) in [4.78, 5) is 0.350. The summed E-state index contributed by atoms with van der Waals surface area (Å²) in [5.74, 6) is 0. The van der Waals surface area contributed by atoms with E-state index >= 15 is 0 Å². The highest BCUT2D eigenvalue weighted by atomic mass is 32.2. The molecule has 3 aromatic rings. The van der Waals surface area contributed by atoms with Gasteiger partial charge in [-0.15, -0.1) is 5.10 Å². The van der Waals surface area contributed by atoms with Gasteiger partial charge in [-0.05, 0) is 37.1 Å². The maximum absolute atomic E-state index is 12.8. The largest absolute Gasteiger partial charge is 0.246 e. The van der Waals surface area contributed by atoms with Gasteiger partial charge in [-0.2, -0.15) is 4.31 Å². The number of sulfonamides is 1. The van der Waals surface area contributed by atoms with E-state index in [9.17, 15) is 8.42 Å². The number of benzene rings is 2. The molecular weight excluding hydrogens is 348 g/mol. The molecule has 1 aliphatic heterocycles. The Morgan fingerprint density at radius 2 is 1.73 bits per heavy atom. The molecule has 0 atom stereocenters. The van der Waals surface area contributed by atoms with Crippen molar-refractivity contribution in [1.82, 2.24) is 19.3 Å². The Kier molecular flexibility index (Phi) is 4.13. The van der Waals surface area contributed by atoms with Gasteiger partial charge in [0.05, 0.1) is 17.1 Å². The lowest BCUT2D eigenvalue weighted by molar-refractivity contribution is 0.189. The van der Waals surface area contributed by atoms with Crippen molar-refractivity contribution >= 4 is 10.0 Å². The van der Waals surface area contributed by atoms with Crippen LogP contribution in [-0.2, 0) is 10.0 Å². The zero-order chi connectivity index (χ0) is 18.3. The summed E-state index contributed by atoms with van der Waals surface area (Å²) in [6.45, 7) is 4.72. The fourth-order valence-electron chi connectivity index (χ4n) is 3.00. The topological polar surface area (TPSA) is 68.1 Å². The quantitative estimate of drug-likeness (QED) is 0.710. The van der Waals surface area contributed by atoms with Gasteiger partial charge in [0.15, 0.2) is 0 Å². The Bertz CT molecular complexity index is 1040. The molecule has 0 radical (unpaired) electrons. The second kappa shape index (κ2) is 6.34. The third-order valence-electron chi connectivity index (χ3n) is 4.90. The first kappa shape index (κ1) is 16.9. The van der Waals surface area contributed by atoms with Gasteiger partial charge in [0, 0.05) is 18.7 Å². The maximum Gasteiger partial charge on any atom is 0.243 e. The van der Waals surface area contributed by atoms with Crippen molar-refractivity contribution in [1.29, 1.82) is 0 Å². The normalized spacial score (nSPS) is 15.8. The van der Waals surface area contributed by atoms with Crippen molar-refractivity contribution in [3.63, 3.8) is 0 Å². The van der Waals surface area contributed by atoms with E-state index in [2.05, 4.69) is 10.3 Å². The Hall–Kier alpha value is -2.51. The van der Waals surface area contributed by atoms with Crippen LogP contribution in [0.3, 0.4) is 0 Å². The minimum atomic E-state index is -3.46.